The number of fused-ring (bicyclic) bond motifs is 1. The fourth-order valence-electron chi connectivity index (χ4n) is 1.61. The second-order valence-electron chi connectivity index (χ2n) is 3.71. The molecule has 4 heteroatoms. The van der Waals surface area contributed by atoms with Crippen molar-refractivity contribution in [2.24, 2.45) is 0 Å². The average molecular weight is 234 g/mol. The smallest absolute Gasteiger partial charge is 0.330 e. The lowest BCUT2D eigenvalue weighted by molar-refractivity contribution is -0.134. The van der Waals surface area contributed by atoms with Crippen LogP contribution >= 0.6 is 0 Å². The third-order valence-electron chi connectivity index (χ3n) is 2.53. The maximum atomic E-state index is 11.0. The third-order valence-corrected chi connectivity index (χ3v) is 2.53. The lowest BCUT2D eigenvalue weighted by Gasteiger charge is -2.19. The van der Waals surface area contributed by atoms with Crippen LogP contribution < -0.4 is 9.47 Å². The van der Waals surface area contributed by atoms with Crippen LogP contribution in [0, 0.1) is 6.92 Å². The van der Waals surface area contributed by atoms with Gasteiger partial charge in [-0.25, -0.2) is 4.79 Å². The first-order chi connectivity index (χ1) is 8.20. The van der Waals surface area contributed by atoms with E-state index in [1.807, 2.05) is 19.1 Å². The fourth-order valence-corrected chi connectivity index (χ4v) is 1.61. The van der Waals surface area contributed by atoms with E-state index in [0.29, 0.717) is 19.0 Å². The minimum absolute atomic E-state index is 0.376. The number of aryl methyl sites for hydroxylation is 1. The number of hydrogen-bond donors (Lipinski definition) is 0. The summed E-state index contributed by atoms with van der Waals surface area (Å²) in [5.41, 5.74) is 1.94. The van der Waals surface area contributed by atoms with E-state index in [1.54, 1.807) is 6.08 Å². The highest BCUT2D eigenvalue weighted by Gasteiger charge is 2.13. The van der Waals surface area contributed by atoms with Crippen LogP contribution in [-0.2, 0) is 9.53 Å². The first-order valence-electron chi connectivity index (χ1n) is 5.37. The molecule has 0 radical (unpaired) electrons. The van der Waals surface area contributed by atoms with Crippen LogP contribution in [0.15, 0.2) is 18.2 Å². The van der Waals surface area contributed by atoms with Crippen molar-refractivity contribution >= 4 is 12.0 Å². The Bertz CT molecular complexity index is 463. The first kappa shape index (κ1) is 11.5. The van der Waals surface area contributed by atoms with Gasteiger partial charge >= 0.3 is 5.97 Å². The normalized spacial score (nSPS) is 13.8. The summed E-state index contributed by atoms with van der Waals surface area (Å²) >= 11 is 0. The van der Waals surface area contributed by atoms with Crippen LogP contribution in [0.1, 0.15) is 11.1 Å². The highest BCUT2D eigenvalue weighted by atomic mass is 16.6. The molecule has 0 saturated carbocycles. The van der Waals surface area contributed by atoms with E-state index in [4.69, 9.17) is 9.47 Å². The van der Waals surface area contributed by atoms with E-state index in [0.717, 1.165) is 16.9 Å². The summed E-state index contributed by atoms with van der Waals surface area (Å²) in [4.78, 5) is 11.0. The molecule has 17 heavy (non-hydrogen) atoms. The van der Waals surface area contributed by atoms with Crippen molar-refractivity contribution < 1.29 is 19.0 Å². The molecule has 4 nitrogen and oxygen atoms in total. The molecule has 0 atom stereocenters. The molecule has 0 saturated heterocycles. The molecule has 1 aromatic carbocycles. The van der Waals surface area contributed by atoms with Gasteiger partial charge in [0.1, 0.15) is 13.2 Å². The van der Waals surface area contributed by atoms with Gasteiger partial charge in [-0.3, -0.25) is 0 Å². The quantitative estimate of drug-likeness (QED) is 0.579. The van der Waals surface area contributed by atoms with Gasteiger partial charge in [-0.2, -0.15) is 0 Å². The summed E-state index contributed by atoms with van der Waals surface area (Å²) in [6, 6.07) is 3.77. The van der Waals surface area contributed by atoms with Crippen LogP contribution in [0.4, 0.5) is 0 Å². The first-order valence-corrected chi connectivity index (χ1v) is 5.37. The number of carbonyl (C=O) groups excluding carboxylic acids is 1. The maximum absolute atomic E-state index is 11.0. The molecule has 2 rings (SSSR count). The van der Waals surface area contributed by atoms with Crippen molar-refractivity contribution in [2.45, 2.75) is 6.92 Å². The molecule has 90 valence electrons. The summed E-state index contributed by atoms with van der Waals surface area (Å²) in [5, 5.41) is 0. The Balaban J connectivity index is 2.28. The Kier molecular flexibility index (Phi) is 3.32. The minimum Gasteiger partial charge on any atom is -0.486 e. The Hall–Kier alpha value is -1.97. The lowest BCUT2D eigenvalue weighted by atomic mass is 10.1. The Morgan fingerprint density at radius 3 is 2.59 bits per heavy atom. The predicted molar refractivity (Wildman–Crippen MR) is 63.2 cm³/mol. The molecule has 0 N–H and O–H groups in total. The van der Waals surface area contributed by atoms with E-state index >= 15 is 0 Å². The van der Waals surface area contributed by atoms with E-state index in [2.05, 4.69) is 4.74 Å². The molecule has 0 spiro atoms. The van der Waals surface area contributed by atoms with Gasteiger partial charge < -0.3 is 14.2 Å². The number of rotatable bonds is 2. The average Bonchev–Trinajstić information content (AvgIpc) is 2.35. The molecule has 0 aliphatic carbocycles. The summed E-state index contributed by atoms with van der Waals surface area (Å²) in [5.74, 6) is 1.09. The molecule has 0 fully saturated rings. The number of ether oxygens (including phenoxy) is 3. The van der Waals surface area contributed by atoms with Crippen LogP contribution in [0.3, 0.4) is 0 Å². The lowest BCUT2D eigenvalue weighted by Crippen LogP contribution is -2.15. The highest BCUT2D eigenvalue weighted by molar-refractivity contribution is 5.87. The molecular weight excluding hydrogens is 220 g/mol. The third kappa shape index (κ3) is 2.58. The monoisotopic (exact) mass is 234 g/mol. The molecule has 1 aliphatic rings. The summed E-state index contributed by atoms with van der Waals surface area (Å²) in [6.45, 7) is 3.08. The van der Waals surface area contributed by atoms with E-state index in [9.17, 15) is 4.79 Å². The Morgan fingerprint density at radius 2 is 1.94 bits per heavy atom. The van der Waals surface area contributed by atoms with Crippen LogP contribution in [-0.4, -0.2) is 26.3 Å². The van der Waals surface area contributed by atoms with Gasteiger partial charge in [0.15, 0.2) is 11.5 Å². The van der Waals surface area contributed by atoms with Gasteiger partial charge in [-0.05, 0) is 36.3 Å². The van der Waals surface area contributed by atoms with Crippen molar-refractivity contribution in [1.82, 2.24) is 0 Å². The second-order valence-corrected chi connectivity index (χ2v) is 3.71. The van der Waals surface area contributed by atoms with Crippen molar-refractivity contribution in [3.8, 4) is 11.5 Å². The molecule has 0 unspecified atom stereocenters. The topological polar surface area (TPSA) is 44.8 Å². The Morgan fingerprint density at radius 1 is 1.29 bits per heavy atom. The summed E-state index contributed by atoms with van der Waals surface area (Å²) in [7, 11) is 1.35. The fraction of sp³-hybridized carbons (Fsp3) is 0.308. The van der Waals surface area contributed by atoms with E-state index in [-0.39, 0.29) is 5.97 Å². The van der Waals surface area contributed by atoms with Gasteiger partial charge in [-0.15, -0.1) is 0 Å². The van der Waals surface area contributed by atoms with Gasteiger partial charge in [-0.1, -0.05) is 0 Å². The van der Waals surface area contributed by atoms with Crippen molar-refractivity contribution in [3.63, 3.8) is 0 Å². The van der Waals surface area contributed by atoms with Crippen LogP contribution in [0.25, 0.3) is 6.08 Å². The molecule has 1 heterocycles. The predicted octanol–water partition coefficient (Wildman–Crippen LogP) is 1.95. The molecule has 1 aromatic rings. The van der Waals surface area contributed by atoms with Crippen molar-refractivity contribution in [3.05, 3.63) is 29.3 Å². The number of carbonyl (C=O) groups is 1. The molecular formula is C13H14O4. The van der Waals surface area contributed by atoms with Crippen molar-refractivity contribution in [1.29, 1.82) is 0 Å². The SMILES string of the molecule is COC(=O)/C=C/c1cc2c(cc1C)OCCO2. The van der Waals surface area contributed by atoms with Crippen LogP contribution in [0.5, 0.6) is 11.5 Å². The number of benzene rings is 1. The molecule has 0 amide bonds. The highest BCUT2D eigenvalue weighted by Crippen LogP contribution is 2.33. The van der Waals surface area contributed by atoms with E-state index in [1.165, 1.54) is 13.2 Å². The zero-order valence-electron chi connectivity index (χ0n) is 9.86. The van der Waals surface area contributed by atoms with Gasteiger partial charge in [0, 0.05) is 6.08 Å². The molecule has 0 bridgehead atoms. The second kappa shape index (κ2) is 4.91. The number of esters is 1. The minimum atomic E-state index is -0.376. The van der Waals surface area contributed by atoms with Gasteiger partial charge in [0.25, 0.3) is 0 Å². The standard InChI is InChI=1S/C13H14O4/c1-9-7-11-12(17-6-5-16-11)8-10(9)3-4-13(14)15-2/h3-4,7-8H,5-6H2,1-2H3/b4-3+. The summed E-state index contributed by atoms with van der Waals surface area (Å²) in [6.07, 6.45) is 3.10. The number of hydrogen-bond acceptors (Lipinski definition) is 4. The number of methoxy groups -OCH3 is 1. The van der Waals surface area contributed by atoms with Crippen molar-refractivity contribution in [2.75, 3.05) is 20.3 Å². The van der Waals surface area contributed by atoms with Gasteiger partial charge in [0.2, 0.25) is 0 Å². The molecule has 0 aromatic heterocycles. The van der Waals surface area contributed by atoms with Crippen LogP contribution in [0.2, 0.25) is 0 Å². The van der Waals surface area contributed by atoms with E-state index < -0.39 is 0 Å². The maximum Gasteiger partial charge on any atom is 0.330 e. The largest absolute Gasteiger partial charge is 0.486 e. The molecule has 1 aliphatic heterocycles. The Labute approximate surface area is 99.8 Å². The zero-order chi connectivity index (χ0) is 12.3. The summed E-state index contributed by atoms with van der Waals surface area (Å²) < 4.78 is 15.5. The zero-order valence-corrected chi connectivity index (χ0v) is 9.86. The van der Waals surface area contributed by atoms with Gasteiger partial charge in [0.05, 0.1) is 7.11 Å².